The van der Waals surface area contributed by atoms with Gasteiger partial charge in [0.2, 0.25) is 17.7 Å². The van der Waals surface area contributed by atoms with Gasteiger partial charge in [-0.15, -0.1) is 0 Å². The number of carboxylic acid groups (broad SMARTS) is 2. The molecule has 5 atom stereocenters. The summed E-state index contributed by atoms with van der Waals surface area (Å²) in [5.74, 6) is -5.36. The molecular formula is C25H39N7O7. The molecule has 0 saturated heterocycles. The Morgan fingerprint density at radius 1 is 0.923 bits per heavy atom. The summed E-state index contributed by atoms with van der Waals surface area (Å²) in [4.78, 5) is 65.6. The first-order chi connectivity index (χ1) is 18.3. The van der Waals surface area contributed by atoms with Gasteiger partial charge < -0.3 is 43.4 Å². The average Bonchev–Trinajstić information content (AvgIpc) is 2.87. The molecular weight excluding hydrogens is 510 g/mol. The highest BCUT2D eigenvalue weighted by atomic mass is 16.4. The Morgan fingerprint density at radius 3 is 2.05 bits per heavy atom. The van der Waals surface area contributed by atoms with Crippen molar-refractivity contribution in [2.24, 2.45) is 28.1 Å². The molecule has 0 fully saturated rings. The van der Waals surface area contributed by atoms with E-state index in [4.69, 9.17) is 22.3 Å². The van der Waals surface area contributed by atoms with Crippen LogP contribution < -0.4 is 33.2 Å². The third kappa shape index (κ3) is 12.3. The van der Waals surface area contributed by atoms with E-state index in [0.29, 0.717) is 12.0 Å². The SMILES string of the molecule is CCC(C)C(NC(=O)C(Cc1ccccc1)NC(=O)C(CCCN=C(N)N)NC(=O)C(N)CC(=O)O)C(=O)O. The van der Waals surface area contributed by atoms with E-state index in [1.807, 2.05) is 0 Å². The largest absolute Gasteiger partial charge is 0.481 e. The summed E-state index contributed by atoms with van der Waals surface area (Å²) < 4.78 is 0. The van der Waals surface area contributed by atoms with Crippen molar-refractivity contribution in [3.05, 3.63) is 35.9 Å². The maximum Gasteiger partial charge on any atom is 0.326 e. The summed E-state index contributed by atoms with van der Waals surface area (Å²) in [6.45, 7) is 3.62. The van der Waals surface area contributed by atoms with Crippen molar-refractivity contribution < 1.29 is 34.2 Å². The zero-order valence-electron chi connectivity index (χ0n) is 22.1. The van der Waals surface area contributed by atoms with Crippen LogP contribution in [0.3, 0.4) is 0 Å². The van der Waals surface area contributed by atoms with Crippen molar-refractivity contribution in [2.75, 3.05) is 6.54 Å². The Bertz CT molecular complexity index is 1020. The van der Waals surface area contributed by atoms with Crippen LogP contribution in [-0.4, -0.2) is 76.5 Å². The van der Waals surface area contributed by atoms with Crippen LogP contribution in [0.4, 0.5) is 0 Å². The summed E-state index contributed by atoms with van der Waals surface area (Å²) in [6.07, 6.45) is 0.179. The van der Waals surface area contributed by atoms with Gasteiger partial charge in [0.05, 0.1) is 12.5 Å². The molecule has 0 aromatic heterocycles. The molecule has 5 unspecified atom stereocenters. The van der Waals surface area contributed by atoms with Crippen LogP contribution in [0.25, 0.3) is 0 Å². The molecule has 0 bridgehead atoms. The second kappa shape index (κ2) is 16.6. The third-order valence-electron chi connectivity index (χ3n) is 6.00. The number of carbonyl (C=O) groups excluding carboxylic acids is 3. The smallest absolute Gasteiger partial charge is 0.326 e. The summed E-state index contributed by atoms with van der Waals surface area (Å²) >= 11 is 0. The van der Waals surface area contributed by atoms with Gasteiger partial charge in [-0.3, -0.25) is 24.2 Å². The van der Waals surface area contributed by atoms with Gasteiger partial charge in [-0.2, -0.15) is 0 Å². The predicted molar refractivity (Wildman–Crippen MR) is 143 cm³/mol. The Balaban J connectivity index is 3.18. The fourth-order valence-electron chi connectivity index (χ4n) is 3.60. The van der Waals surface area contributed by atoms with Crippen LogP contribution in [0.2, 0.25) is 0 Å². The number of hydrogen-bond acceptors (Lipinski definition) is 7. The second-order valence-corrected chi connectivity index (χ2v) is 9.18. The lowest BCUT2D eigenvalue weighted by Crippen LogP contribution is -2.58. The first-order valence-corrected chi connectivity index (χ1v) is 12.6. The molecule has 1 rings (SSSR count). The molecule has 39 heavy (non-hydrogen) atoms. The second-order valence-electron chi connectivity index (χ2n) is 9.18. The number of nitrogens with two attached hydrogens (primary N) is 3. The first kappa shape index (κ1) is 32.8. The summed E-state index contributed by atoms with van der Waals surface area (Å²) in [5.41, 5.74) is 17.0. The van der Waals surface area contributed by atoms with Crippen molar-refractivity contribution in [3.8, 4) is 0 Å². The zero-order chi connectivity index (χ0) is 29.5. The lowest BCUT2D eigenvalue weighted by Gasteiger charge is -2.26. The standard InChI is InChI=1S/C25H39N7O7/c1-3-14(2)20(24(38)39)32-23(37)18(12-15-8-5-4-6-9-15)31-22(36)17(10-7-11-29-25(27)28)30-21(35)16(26)13-19(33)34/h4-6,8-9,14,16-18,20H,3,7,10-13,26H2,1-2H3,(H,30,35)(H,31,36)(H,32,37)(H,33,34)(H,38,39)(H4,27,28,29). The average molecular weight is 550 g/mol. The molecule has 0 saturated carbocycles. The molecule has 1 aromatic rings. The number of benzene rings is 1. The number of carboxylic acids is 2. The van der Waals surface area contributed by atoms with Gasteiger partial charge in [0, 0.05) is 13.0 Å². The molecule has 0 aliphatic rings. The van der Waals surface area contributed by atoms with Crippen LogP contribution in [0, 0.1) is 5.92 Å². The molecule has 0 aliphatic carbocycles. The number of aliphatic imine (C=N–C) groups is 1. The number of hydrogen-bond donors (Lipinski definition) is 8. The van der Waals surface area contributed by atoms with E-state index in [2.05, 4.69) is 20.9 Å². The van der Waals surface area contributed by atoms with Crippen molar-refractivity contribution in [2.45, 2.75) is 70.1 Å². The summed E-state index contributed by atoms with van der Waals surface area (Å²) in [6, 6.07) is 3.79. The first-order valence-electron chi connectivity index (χ1n) is 12.6. The number of nitrogens with one attached hydrogen (secondary N) is 3. The normalized spacial score (nSPS) is 14.5. The molecule has 1 aromatic carbocycles. The maximum atomic E-state index is 13.3. The van der Waals surface area contributed by atoms with Crippen LogP contribution >= 0.6 is 0 Å². The Morgan fingerprint density at radius 2 is 1.51 bits per heavy atom. The fourth-order valence-corrected chi connectivity index (χ4v) is 3.60. The molecule has 11 N–H and O–H groups in total. The van der Waals surface area contributed by atoms with Crippen molar-refractivity contribution in [1.82, 2.24) is 16.0 Å². The number of nitrogens with zero attached hydrogens (tertiary/aromatic N) is 1. The quantitative estimate of drug-likeness (QED) is 0.0645. The van der Waals surface area contributed by atoms with E-state index in [9.17, 15) is 29.1 Å². The lowest BCUT2D eigenvalue weighted by atomic mass is 9.98. The number of aliphatic carboxylic acids is 2. The minimum absolute atomic E-state index is 0.0401. The van der Waals surface area contributed by atoms with E-state index >= 15 is 0 Å². The number of carbonyl (C=O) groups is 5. The highest BCUT2D eigenvalue weighted by Crippen LogP contribution is 2.11. The molecule has 0 spiro atoms. The maximum absolute atomic E-state index is 13.3. The van der Waals surface area contributed by atoms with E-state index in [-0.39, 0.29) is 37.7 Å². The van der Waals surface area contributed by atoms with Gasteiger partial charge in [0.1, 0.15) is 18.1 Å². The van der Waals surface area contributed by atoms with Gasteiger partial charge in [-0.05, 0) is 24.3 Å². The van der Waals surface area contributed by atoms with E-state index < -0.39 is 60.2 Å². The molecule has 14 nitrogen and oxygen atoms in total. The third-order valence-corrected chi connectivity index (χ3v) is 6.00. The van der Waals surface area contributed by atoms with Gasteiger partial charge >= 0.3 is 11.9 Å². The van der Waals surface area contributed by atoms with E-state index in [1.165, 1.54) is 0 Å². The summed E-state index contributed by atoms with van der Waals surface area (Å²) in [7, 11) is 0. The van der Waals surface area contributed by atoms with Gasteiger partial charge in [-0.1, -0.05) is 50.6 Å². The van der Waals surface area contributed by atoms with Gasteiger partial charge in [0.25, 0.3) is 0 Å². The number of rotatable bonds is 17. The minimum atomic E-state index is -1.41. The van der Waals surface area contributed by atoms with Gasteiger partial charge in [-0.25, -0.2) is 4.79 Å². The van der Waals surface area contributed by atoms with Crippen LogP contribution in [0.1, 0.15) is 45.1 Å². The minimum Gasteiger partial charge on any atom is -0.481 e. The van der Waals surface area contributed by atoms with Gasteiger partial charge in [0.15, 0.2) is 5.96 Å². The molecule has 0 heterocycles. The highest BCUT2D eigenvalue weighted by molar-refractivity contribution is 5.94. The molecule has 3 amide bonds. The molecule has 0 radical (unpaired) electrons. The van der Waals surface area contributed by atoms with Crippen LogP contribution in [-0.2, 0) is 30.4 Å². The lowest BCUT2D eigenvalue weighted by molar-refractivity contribution is -0.143. The topological polar surface area (TPSA) is 252 Å². The van der Waals surface area contributed by atoms with Crippen LogP contribution in [0.15, 0.2) is 35.3 Å². The Kier molecular flexibility index (Phi) is 14.0. The monoisotopic (exact) mass is 549 g/mol. The molecule has 14 heteroatoms. The molecule has 0 aliphatic heterocycles. The highest BCUT2D eigenvalue weighted by Gasteiger charge is 2.32. The summed E-state index contributed by atoms with van der Waals surface area (Å²) in [5, 5.41) is 26.1. The van der Waals surface area contributed by atoms with Crippen molar-refractivity contribution >= 4 is 35.6 Å². The van der Waals surface area contributed by atoms with E-state index in [1.54, 1.807) is 44.2 Å². The van der Waals surface area contributed by atoms with E-state index in [0.717, 1.165) is 0 Å². The number of amides is 3. The Hall–Kier alpha value is -4.20. The van der Waals surface area contributed by atoms with Crippen molar-refractivity contribution in [3.63, 3.8) is 0 Å². The predicted octanol–water partition coefficient (Wildman–Crippen LogP) is -1.33. The number of guanidine groups is 1. The van der Waals surface area contributed by atoms with Crippen molar-refractivity contribution in [1.29, 1.82) is 0 Å². The zero-order valence-corrected chi connectivity index (χ0v) is 22.1. The fraction of sp³-hybridized carbons (Fsp3) is 0.520. The van der Waals surface area contributed by atoms with Crippen LogP contribution in [0.5, 0.6) is 0 Å². The molecule has 216 valence electrons. The Labute approximate surface area is 226 Å².